The van der Waals surface area contributed by atoms with Gasteiger partial charge in [0.05, 0.1) is 17.4 Å². The lowest BCUT2D eigenvalue weighted by molar-refractivity contribution is -0.143. The molecule has 0 aromatic rings. The number of carbonyl (C=O) groups is 2. The van der Waals surface area contributed by atoms with E-state index in [4.69, 9.17) is 13.7 Å². The molecule has 0 amide bonds. The maximum Gasteiger partial charge on any atom is 0.306 e. The maximum absolute atomic E-state index is 11.3. The quantitative estimate of drug-likeness (QED) is 0.386. The minimum absolute atomic E-state index is 0.107. The fourth-order valence-corrected chi connectivity index (χ4v) is 2.10. The largest absolute Gasteiger partial charge is 0.452 e. The number of hydrogen-bond donors (Lipinski definition) is 0. The first kappa shape index (κ1) is 20.2. The first-order chi connectivity index (χ1) is 9.95. The SMILES string of the molecule is CCCOS(=O)COC(=O)CCCCC(=O)OCS(C)=O. The van der Waals surface area contributed by atoms with Crippen LogP contribution in [0, 0.1) is 0 Å². The second-order valence-electron chi connectivity index (χ2n) is 4.17. The van der Waals surface area contributed by atoms with Crippen molar-refractivity contribution in [2.45, 2.75) is 39.0 Å². The summed E-state index contributed by atoms with van der Waals surface area (Å²) in [6.07, 6.45) is 3.41. The van der Waals surface area contributed by atoms with Gasteiger partial charge in [-0.05, 0) is 19.3 Å². The molecule has 21 heavy (non-hydrogen) atoms. The summed E-state index contributed by atoms with van der Waals surface area (Å²) in [4.78, 5) is 22.5. The predicted octanol–water partition coefficient (Wildman–Crippen LogP) is 1.02. The summed E-state index contributed by atoms with van der Waals surface area (Å²) in [5, 5.41) is 0. The average Bonchev–Trinajstić information content (AvgIpc) is 2.45. The first-order valence-corrected chi connectivity index (χ1v) is 9.55. The third-order valence-electron chi connectivity index (χ3n) is 2.13. The molecule has 0 bridgehead atoms. The van der Waals surface area contributed by atoms with Crippen molar-refractivity contribution in [1.29, 1.82) is 0 Å². The Hall–Kier alpha value is -0.800. The lowest BCUT2D eigenvalue weighted by atomic mass is 10.2. The van der Waals surface area contributed by atoms with Crippen LogP contribution in [0.2, 0.25) is 0 Å². The van der Waals surface area contributed by atoms with Gasteiger partial charge in [-0.3, -0.25) is 18.0 Å². The monoisotopic (exact) mass is 342 g/mol. The molecule has 124 valence electrons. The fourth-order valence-electron chi connectivity index (χ4n) is 1.16. The lowest BCUT2D eigenvalue weighted by Crippen LogP contribution is -2.12. The Morgan fingerprint density at radius 2 is 1.48 bits per heavy atom. The number of rotatable bonds is 12. The van der Waals surface area contributed by atoms with Crippen molar-refractivity contribution in [2.75, 3.05) is 24.7 Å². The van der Waals surface area contributed by atoms with Crippen LogP contribution < -0.4 is 0 Å². The third-order valence-corrected chi connectivity index (χ3v) is 3.32. The summed E-state index contributed by atoms with van der Waals surface area (Å²) >= 11 is -1.61. The molecule has 0 fully saturated rings. The fraction of sp³-hybridized carbons (Fsp3) is 0.833. The number of esters is 2. The standard InChI is InChI=1S/C12H22O7S2/c1-3-8-19-21(16)10-18-12(14)7-5-4-6-11(13)17-9-20(2)15/h3-10H2,1-2H3. The van der Waals surface area contributed by atoms with Gasteiger partial charge in [0, 0.05) is 19.1 Å². The Morgan fingerprint density at radius 1 is 0.952 bits per heavy atom. The zero-order valence-electron chi connectivity index (χ0n) is 12.3. The van der Waals surface area contributed by atoms with Gasteiger partial charge in [-0.15, -0.1) is 0 Å². The molecule has 0 aromatic carbocycles. The third kappa shape index (κ3) is 13.9. The second-order valence-corrected chi connectivity index (χ2v) is 6.64. The molecule has 0 heterocycles. The molecule has 0 radical (unpaired) electrons. The summed E-state index contributed by atoms with van der Waals surface area (Å²) in [7, 11) is -1.17. The van der Waals surface area contributed by atoms with Crippen LogP contribution in [-0.4, -0.2) is 45.1 Å². The molecule has 0 aromatic heterocycles. The van der Waals surface area contributed by atoms with E-state index >= 15 is 0 Å². The molecule has 0 N–H and O–H groups in total. The molecule has 2 unspecified atom stereocenters. The van der Waals surface area contributed by atoms with Crippen LogP contribution in [0.25, 0.3) is 0 Å². The maximum atomic E-state index is 11.3. The Morgan fingerprint density at radius 3 is 1.95 bits per heavy atom. The summed E-state index contributed by atoms with van der Waals surface area (Å²) in [5.41, 5.74) is 0. The highest BCUT2D eigenvalue weighted by Gasteiger charge is 2.08. The zero-order valence-corrected chi connectivity index (χ0v) is 14.0. The van der Waals surface area contributed by atoms with Crippen LogP contribution in [0.4, 0.5) is 0 Å². The molecular formula is C12H22O7S2. The number of ether oxygens (including phenoxy) is 2. The van der Waals surface area contributed by atoms with E-state index in [0.717, 1.165) is 6.42 Å². The summed E-state index contributed by atoms with van der Waals surface area (Å²) < 4.78 is 36.2. The minimum atomic E-state index is -1.61. The molecule has 0 saturated carbocycles. The van der Waals surface area contributed by atoms with Crippen molar-refractivity contribution in [2.24, 2.45) is 0 Å². The number of carbonyl (C=O) groups excluding carboxylic acids is 2. The topological polar surface area (TPSA) is 96.0 Å². The van der Waals surface area contributed by atoms with Crippen LogP contribution in [0.3, 0.4) is 0 Å². The minimum Gasteiger partial charge on any atom is -0.452 e. The molecule has 0 aliphatic rings. The van der Waals surface area contributed by atoms with Gasteiger partial charge in [0.15, 0.2) is 23.0 Å². The van der Waals surface area contributed by atoms with Gasteiger partial charge in [0.2, 0.25) is 0 Å². The van der Waals surface area contributed by atoms with E-state index < -0.39 is 33.8 Å². The molecule has 0 saturated heterocycles. The van der Waals surface area contributed by atoms with E-state index in [1.807, 2.05) is 6.92 Å². The van der Waals surface area contributed by atoms with Crippen LogP contribution in [0.15, 0.2) is 0 Å². The number of unbranched alkanes of at least 4 members (excludes halogenated alkanes) is 1. The Bertz CT molecular complexity index is 371. The van der Waals surface area contributed by atoms with E-state index in [0.29, 0.717) is 19.4 Å². The first-order valence-electron chi connectivity index (χ1n) is 6.58. The van der Waals surface area contributed by atoms with Crippen molar-refractivity contribution < 1.29 is 31.7 Å². The Labute approximate surface area is 129 Å². The summed E-state index contributed by atoms with van der Waals surface area (Å²) in [6.45, 7) is 2.24. The highest BCUT2D eigenvalue weighted by molar-refractivity contribution is 7.84. The van der Waals surface area contributed by atoms with Crippen LogP contribution >= 0.6 is 0 Å². The van der Waals surface area contributed by atoms with Crippen molar-refractivity contribution in [3.63, 3.8) is 0 Å². The van der Waals surface area contributed by atoms with Gasteiger partial charge in [0.1, 0.15) is 0 Å². The van der Waals surface area contributed by atoms with Gasteiger partial charge in [-0.25, -0.2) is 4.21 Å². The highest BCUT2D eigenvalue weighted by atomic mass is 32.2. The van der Waals surface area contributed by atoms with Crippen molar-refractivity contribution in [3.05, 3.63) is 0 Å². The average molecular weight is 342 g/mol. The summed E-state index contributed by atoms with van der Waals surface area (Å²) in [5.74, 6) is -1.30. The molecule has 0 aliphatic carbocycles. The van der Waals surface area contributed by atoms with Gasteiger partial charge in [-0.1, -0.05) is 6.92 Å². The van der Waals surface area contributed by atoms with Crippen molar-refractivity contribution in [3.8, 4) is 0 Å². The molecular weight excluding hydrogens is 320 g/mol. The van der Waals surface area contributed by atoms with E-state index in [1.165, 1.54) is 6.26 Å². The molecule has 0 rings (SSSR count). The predicted molar refractivity (Wildman–Crippen MR) is 78.8 cm³/mol. The molecule has 0 aliphatic heterocycles. The van der Waals surface area contributed by atoms with Gasteiger partial charge in [0.25, 0.3) is 0 Å². The second kappa shape index (κ2) is 12.9. The van der Waals surface area contributed by atoms with E-state index in [9.17, 15) is 18.0 Å². The molecule has 2 atom stereocenters. The van der Waals surface area contributed by atoms with Crippen molar-refractivity contribution in [1.82, 2.24) is 0 Å². The number of hydrogen-bond acceptors (Lipinski definition) is 7. The zero-order chi connectivity index (χ0) is 16.1. The van der Waals surface area contributed by atoms with E-state index in [-0.39, 0.29) is 24.7 Å². The molecule has 7 nitrogen and oxygen atoms in total. The highest BCUT2D eigenvalue weighted by Crippen LogP contribution is 2.03. The van der Waals surface area contributed by atoms with Crippen LogP contribution in [0.5, 0.6) is 0 Å². The van der Waals surface area contributed by atoms with Gasteiger partial charge in [-0.2, -0.15) is 0 Å². The Kier molecular flexibility index (Phi) is 12.4. The van der Waals surface area contributed by atoms with Crippen LogP contribution in [0.1, 0.15) is 39.0 Å². The normalized spacial score (nSPS) is 13.4. The van der Waals surface area contributed by atoms with Crippen molar-refractivity contribution >= 4 is 33.8 Å². The van der Waals surface area contributed by atoms with E-state index in [2.05, 4.69) is 0 Å². The van der Waals surface area contributed by atoms with Crippen LogP contribution in [-0.2, 0) is 45.1 Å². The smallest absolute Gasteiger partial charge is 0.306 e. The summed E-state index contributed by atoms with van der Waals surface area (Å²) in [6, 6.07) is 0. The van der Waals surface area contributed by atoms with E-state index in [1.54, 1.807) is 0 Å². The van der Waals surface area contributed by atoms with Gasteiger partial charge >= 0.3 is 11.9 Å². The Balaban J connectivity index is 3.55. The molecule has 9 heteroatoms. The lowest BCUT2D eigenvalue weighted by Gasteiger charge is -2.05. The molecule has 0 spiro atoms. The van der Waals surface area contributed by atoms with Gasteiger partial charge < -0.3 is 9.47 Å².